The molecule has 1 aromatic heterocycles. The highest BCUT2D eigenvalue weighted by Crippen LogP contribution is 2.33. The first-order valence-electron chi connectivity index (χ1n) is 8.58. The van der Waals surface area contributed by atoms with Crippen molar-refractivity contribution in [1.82, 2.24) is 3.97 Å². The third kappa shape index (κ3) is 3.00. The Bertz CT molecular complexity index is 1220. The topological polar surface area (TPSA) is 48.3 Å². The highest BCUT2D eigenvalue weighted by molar-refractivity contribution is 7.90. The summed E-state index contributed by atoms with van der Waals surface area (Å²) in [6, 6.07) is 23.7. The summed E-state index contributed by atoms with van der Waals surface area (Å²) in [5.41, 5.74) is 3.05. The minimum atomic E-state index is -3.76. The predicted molar refractivity (Wildman–Crippen MR) is 108 cm³/mol. The zero-order valence-corrected chi connectivity index (χ0v) is 15.9. The number of aryl methyl sites for hydroxylation is 1. The van der Waals surface area contributed by atoms with Gasteiger partial charge in [-0.2, -0.15) is 0 Å². The first-order chi connectivity index (χ1) is 13.0. The van der Waals surface area contributed by atoms with Gasteiger partial charge in [0.05, 0.1) is 23.2 Å². The number of ether oxygens (including phenoxy) is 1. The average Bonchev–Trinajstić information content (AvgIpc) is 3.09. The molecule has 0 saturated carbocycles. The van der Waals surface area contributed by atoms with Crippen LogP contribution in [0.25, 0.3) is 22.2 Å². The zero-order chi connectivity index (χ0) is 19.0. The molecule has 136 valence electrons. The molecule has 0 aliphatic carbocycles. The van der Waals surface area contributed by atoms with Crippen molar-refractivity contribution in [2.45, 2.75) is 11.8 Å². The summed E-state index contributed by atoms with van der Waals surface area (Å²) in [6.45, 7) is 1.93. The Morgan fingerprint density at radius 1 is 0.852 bits per heavy atom. The lowest BCUT2D eigenvalue weighted by Gasteiger charge is -2.13. The summed E-state index contributed by atoms with van der Waals surface area (Å²) in [5, 5.41) is 0.867. The maximum atomic E-state index is 13.5. The minimum absolute atomic E-state index is 0.263. The van der Waals surface area contributed by atoms with E-state index in [1.165, 1.54) is 3.97 Å². The summed E-state index contributed by atoms with van der Waals surface area (Å²) < 4.78 is 33.7. The van der Waals surface area contributed by atoms with Crippen molar-refractivity contribution < 1.29 is 13.2 Å². The largest absolute Gasteiger partial charge is 0.497 e. The Hall–Kier alpha value is -3.05. The third-order valence-electron chi connectivity index (χ3n) is 4.59. The van der Waals surface area contributed by atoms with Gasteiger partial charge in [0.2, 0.25) is 0 Å². The SMILES string of the molecule is COc1cccc(-c2cc3ccccc3n2S(=O)(=O)c2ccc(C)cc2)c1. The molecular formula is C22H19NO3S. The van der Waals surface area contributed by atoms with Gasteiger partial charge < -0.3 is 4.74 Å². The molecule has 1 heterocycles. The molecule has 0 radical (unpaired) electrons. The van der Waals surface area contributed by atoms with Crippen LogP contribution in [-0.2, 0) is 10.0 Å². The molecule has 0 amide bonds. The van der Waals surface area contributed by atoms with Crippen molar-refractivity contribution in [2.24, 2.45) is 0 Å². The van der Waals surface area contributed by atoms with Gasteiger partial charge >= 0.3 is 0 Å². The van der Waals surface area contributed by atoms with Crippen LogP contribution in [-0.4, -0.2) is 19.5 Å². The van der Waals surface area contributed by atoms with E-state index < -0.39 is 10.0 Å². The summed E-state index contributed by atoms with van der Waals surface area (Å²) in [4.78, 5) is 0.263. The van der Waals surface area contributed by atoms with Crippen LogP contribution in [0.1, 0.15) is 5.56 Å². The van der Waals surface area contributed by atoms with Crippen molar-refractivity contribution in [1.29, 1.82) is 0 Å². The van der Waals surface area contributed by atoms with Gasteiger partial charge in [0.15, 0.2) is 0 Å². The van der Waals surface area contributed by atoms with Crippen LogP contribution in [0.15, 0.2) is 83.8 Å². The van der Waals surface area contributed by atoms with E-state index in [0.29, 0.717) is 17.0 Å². The van der Waals surface area contributed by atoms with Gasteiger partial charge in [-0.15, -0.1) is 0 Å². The fourth-order valence-electron chi connectivity index (χ4n) is 3.19. The molecule has 0 saturated heterocycles. The van der Waals surface area contributed by atoms with Crippen LogP contribution < -0.4 is 4.74 Å². The van der Waals surface area contributed by atoms with Crippen LogP contribution in [0.2, 0.25) is 0 Å². The molecule has 0 fully saturated rings. The molecule has 0 spiro atoms. The van der Waals surface area contributed by atoms with Gasteiger partial charge in [0.1, 0.15) is 5.75 Å². The molecule has 4 aromatic rings. The molecule has 5 heteroatoms. The first-order valence-corrected chi connectivity index (χ1v) is 10.0. The summed E-state index contributed by atoms with van der Waals surface area (Å²) >= 11 is 0. The van der Waals surface area contributed by atoms with Gasteiger partial charge in [-0.05, 0) is 43.3 Å². The molecule has 0 aliphatic rings. The van der Waals surface area contributed by atoms with E-state index in [1.807, 2.05) is 73.7 Å². The minimum Gasteiger partial charge on any atom is -0.497 e. The molecular weight excluding hydrogens is 358 g/mol. The lowest BCUT2D eigenvalue weighted by Crippen LogP contribution is -2.14. The number of para-hydroxylation sites is 1. The Balaban J connectivity index is 2.03. The summed E-state index contributed by atoms with van der Waals surface area (Å²) in [5.74, 6) is 0.678. The molecule has 4 nitrogen and oxygen atoms in total. The van der Waals surface area contributed by atoms with Crippen molar-refractivity contribution in [3.05, 3.63) is 84.4 Å². The number of benzene rings is 3. The molecule has 0 atom stereocenters. The van der Waals surface area contributed by atoms with Crippen molar-refractivity contribution >= 4 is 20.9 Å². The Morgan fingerprint density at radius 2 is 1.59 bits per heavy atom. The second-order valence-electron chi connectivity index (χ2n) is 6.40. The smallest absolute Gasteiger partial charge is 0.268 e. The van der Waals surface area contributed by atoms with Gasteiger partial charge in [-0.1, -0.05) is 48.0 Å². The standard InChI is InChI=1S/C22H19NO3S/c1-16-10-12-20(13-11-16)27(24,25)23-21-9-4-3-6-18(21)15-22(23)17-7-5-8-19(14-17)26-2/h3-15H,1-2H3. The highest BCUT2D eigenvalue weighted by Gasteiger charge is 2.23. The van der Waals surface area contributed by atoms with E-state index >= 15 is 0 Å². The normalized spacial score (nSPS) is 11.6. The zero-order valence-electron chi connectivity index (χ0n) is 15.1. The average molecular weight is 377 g/mol. The van der Waals surface area contributed by atoms with Gasteiger partial charge in [0, 0.05) is 10.9 Å². The van der Waals surface area contributed by atoms with E-state index in [4.69, 9.17) is 4.74 Å². The fraction of sp³-hybridized carbons (Fsp3) is 0.0909. The third-order valence-corrected chi connectivity index (χ3v) is 6.33. The van der Waals surface area contributed by atoms with E-state index in [0.717, 1.165) is 16.5 Å². The van der Waals surface area contributed by atoms with E-state index in [-0.39, 0.29) is 4.90 Å². The molecule has 0 bridgehead atoms. The number of fused-ring (bicyclic) bond motifs is 1. The predicted octanol–water partition coefficient (Wildman–Crippen LogP) is 4.86. The quantitative estimate of drug-likeness (QED) is 0.510. The Kier molecular flexibility index (Phi) is 4.24. The number of aromatic nitrogens is 1. The lowest BCUT2D eigenvalue weighted by molar-refractivity contribution is 0.415. The number of hydrogen-bond donors (Lipinski definition) is 0. The van der Waals surface area contributed by atoms with Crippen molar-refractivity contribution in [2.75, 3.05) is 7.11 Å². The Morgan fingerprint density at radius 3 is 2.33 bits per heavy atom. The van der Waals surface area contributed by atoms with Crippen molar-refractivity contribution in [3.63, 3.8) is 0 Å². The number of hydrogen-bond acceptors (Lipinski definition) is 3. The number of rotatable bonds is 4. The summed E-state index contributed by atoms with van der Waals surface area (Å²) in [7, 11) is -2.17. The van der Waals surface area contributed by atoms with Crippen molar-refractivity contribution in [3.8, 4) is 17.0 Å². The molecule has 0 aliphatic heterocycles. The summed E-state index contributed by atoms with van der Waals surface area (Å²) in [6.07, 6.45) is 0. The van der Waals surface area contributed by atoms with Gasteiger partial charge in [-0.3, -0.25) is 0 Å². The number of methoxy groups -OCH3 is 1. The fourth-order valence-corrected chi connectivity index (χ4v) is 4.72. The second-order valence-corrected chi connectivity index (χ2v) is 8.19. The maximum absolute atomic E-state index is 13.5. The molecule has 0 N–H and O–H groups in total. The van der Waals surface area contributed by atoms with Gasteiger partial charge in [0.25, 0.3) is 10.0 Å². The van der Waals surface area contributed by atoms with Crippen LogP contribution >= 0.6 is 0 Å². The second kappa shape index (κ2) is 6.59. The van der Waals surface area contributed by atoms with Crippen LogP contribution in [0.4, 0.5) is 0 Å². The highest BCUT2D eigenvalue weighted by atomic mass is 32.2. The number of nitrogens with zero attached hydrogens (tertiary/aromatic N) is 1. The van der Waals surface area contributed by atoms with E-state index in [2.05, 4.69) is 0 Å². The van der Waals surface area contributed by atoms with E-state index in [1.54, 1.807) is 19.2 Å². The van der Waals surface area contributed by atoms with E-state index in [9.17, 15) is 8.42 Å². The molecule has 3 aromatic carbocycles. The maximum Gasteiger partial charge on any atom is 0.268 e. The first kappa shape index (κ1) is 17.4. The lowest BCUT2D eigenvalue weighted by atomic mass is 10.1. The molecule has 0 unspecified atom stereocenters. The van der Waals surface area contributed by atoms with Crippen LogP contribution in [0.5, 0.6) is 5.75 Å². The van der Waals surface area contributed by atoms with Crippen LogP contribution in [0.3, 0.4) is 0 Å². The Labute approximate surface area is 158 Å². The molecule has 27 heavy (non-hydrogen) atoms. The monoisotopic (exact) mass is 377 g/mol. The van der Waals surface area contributed by atoms with Gasteiger partial charge in [-0.25, -0.2) is 12.4 Å². The van der Waals surface area contributed by atoms with Crippen LogP contribution in [0, 0.1) is 6.92 Å². The molecule has 4 rings (SSSR count).